The van der Waals surface area contributed by atoms with Gasteiger partial charge in [-0.15, -0.1) is 0 Å². The molecule has 1 unspecified atom stereocenters. The Bertz CT molecular complexity index is 1170. The van der Waals surface area contributed by atoms with Crippen LogP contribution in [0.4, 0.5) is 4.79 Å². The zero-order chi connectivity index (χ0) is 24.8. The van der Waals surface area contributed by atoms with Crippen molar-refractivity contribution in [2.75, 3.05) is 13.2 Å². The van der Waals surface area contributed by atoms with Crippen molar-refractivity contribution < 1.29 is 24.2 Å². The number of hydrogen-bond acceptors (Lipinski definition) is 4. The smallest absolute Gasteiger partial charge is 0.407 e. The molecule has 3 aromatic carbocycles. The minimum absolute atomic E-state index is 0.0418. The molecule has 35 heavy (non-hydrogen) atoms. The number of carboxylic acids is 1. The van der Waals surface area contributed by atoms with Crippen molar-refractivity contribution in [3.05, 3.63) is 95.6 Å². The summed E-state index contributed by atoms with van der Waals surface area (Å²) in [6.07, 6.45) is -0.188. The van der Waals surface area contributed by atoms with Gasteiger partial charge < -0.3 is 20.5 Å². The summed E-state index contributed by atoms with van der Waals surface area (Å²) in [5.41, 5.74) is 5.01. The van der Waals surface area contributed by atoms with E-state index >= 15 is 0 Å². The van der Waals surface area contributed by atoms with Crippen molar-refractivity contribution in [2.24, 2.45) is 5.92 Å². The number of carboxylic acid groups (broad SMARTS) is 1. The van der Waals surface area contributed by atoms with Crippen LogP contribution < -0.4 is 10.6 Å². The monoisotopic (exact) mass is 472 g/mol. The molecule has 7 nitrogen and oxygen atoms in total. The molecule has 0 aliphatic heterocycles. The fourth-order valence-corrected chi connectivity index (χ4v) is 4.47. The zero-order valence-electron chi connectivity index (χ0n) is 19.4. The molecule has 1 aliphatic carbocycles. The standard InChI is InChI=1S/C28H28N2O5/c1-2-18(26(31)30-25(27(32)33)19-10-4-3-5-11-19)16-29-28(34)35-17-24-22-14-8-6-12-20(22)21-13-7-9-15-23(21)24/h3-15,18,24-25H,2,16-17H2,1H3,(H,29,34)(H,30,31)(H,32,33)/t18?,25-/m0/s1. The summed E-state index contributed by atoms with van der Waals surface area (Å²) < 4.78 is 5.53. The van der Waals surface area contributed by atoms with E-state index in [1.807, 2.05) is 43.3 Å². The molecular formula is C28H28N2O5. The van der Waals surface area contributed by atoms with Gasteiger partial charge in [0, 0.05) is 12.5 Å². The molecule has 4 rings (SSSR count). The highest BCUT2D eigenvalue weighted by Gasteiger charge is 2.29. The number of hydrogen-bond donors (Lipinski definition) is 3. The number of rotatable bonds is 9. The lowest BCUT2D eigenvalue weighted by molar-refractivity contribution is -0.142. The normalized spacial score (nSPS) is 13.7. The number of carbonyl (C=O) groups is 3. The number of carbonyl (C=O) groups excluding carboxylic acids is 2. The first-order valence-electron chi connectivity index (χ1n) is 11.7. The van der Waals surface area contributed by atoms with Crippen LogP contribution in [0.5, 0.6) is 0 Å². The summed E-state index contributed by atoms with van der Waals surface area (Å²) in [4.78, 5) is 36.9. The third-order valence-electron chi connectivity index (χ3n) is 6.37. The Hall–Kier alpha value is -4.13. The van der Waals surface area contributed by atoms with Crippen molar-refractivity contribution in [2.45, 2.75) is 25.3 Å². The number of ether oxygens (including phenoxy) is 1. The van der Waals surface area contributed by atoms with E-state index in [4.69, 9.17) is 4.74 Å². The zero-order valence-corrected chi connectivity index (χ0v) is 19.4. The highest BCUT2D eigenvalue weighted by Crippen LogP contribution is 2.44. The van der Waals surface area contributed by atoms with Crippen LogP contribution in [0, 0.1) is 5.92 Å². The van der Waals surface area contributed by atoms with E-state index < -0.39 is 29.9 Å². The number of aliphatic carboxylic acids is 1. The molecule has 0 aromatic heterocycles. The predicted octanol–water partition coefficient (Wildman–Crippen LogP) is 4.49. The second-order valence-electron chi connectivity index (χ2n) is 8.50. The van der Waals surface area contributed by atoms with E-state index in [2.05, 4.69) is 22.8 Å². The molecule has 7 heteroatoms. The van der Waals surface area contributed by atoms with Crippen molar-refractivity contribution in [1.29, 1.82) is 0 Å². The molecule has 2 atom stereocenters. The Morgan fingerprint density at radius 2 is 1.46 bits per heavy atom. The second-order valence-corrected chi connectivity index (χ2v) is 8.50. The van der Waals surface area contributed by atoms with Crippen LogP contribution in [0.15, 0.2) is 78.9 Å². The molecule has 3 N–H and O–H groups in total. The summed E-state index contributed by atoms with van der Waals surface area (Å²) in [6, 6.07) is 23.5. The van der Waals surface area contributed by atoms with E-state index in [1.54, 1.807) is 30.3 Å². The molecule has 0 spiro atoms. The maximum absolute atomic E-state index is 12.8. The highest BCUT2D eigenvalue weighted by atomic mass is 16.5. The second kappa shape index (κ2) is 10.9. The van der Waals surface area contributed by atoms with Crippen molar-refractivity contribution >= 4 is 18.0 Å². The van der Waals surface area contributed by atoms with E-state index in [9.17, 15) is 19.5 Å². The predicted molar refractivity (Wildman–Crippen MR) is 132 cm³/mol. The number of amides is 2. The van der Waals surface area contributed by atoms with Gasteiger partial charge in [0.05, 0.1) is 5.92 Å². The van der Waals surface area contributed by atoms with Gasteiger partial charge in [-0.2, -0.15) is 0 Å². The maximum atomic E-state index is 12.8. The lowest BCUT2D eigenvalue weighted by atomic mass is 9.98. The van der Waals surface area contributed by atoms with Gasteiger partial charge in [0.1, 0.15) is 6.61 Å². The molecule has 0 radical (unpaired) electrons. The van der Waals surface area contributed by atoms with Crippen LogP contribution >= 0.6 is 0 Å². The Kier molecular flexibility index (Phi) is 7.45. The summed E-state index contributed by atoms with van der Waals surface area (Å²) >= 11 is 0. The molecule has 3 aromatic rings. The maximum Gasteiger partial charge on any atom is 0.407 e. The van der Waals surface area contributed by atoms with Crippen LogP contribution in [0.1, 0.15) is 42.0 Å². The Morgan fingerprint density at radius 1 is 0.886 bits per heavy atom. The van der Waals surface area contributed by atoms with Gasteiger partial charge in [0.2, 0.25) is 5.91 Å². The molecule has 180 valence electrons. The molecule has 0 fully saturated rings. The summed E-state index contributed by atoms with van der Waals surface area (Å²) in [5, 5.41) is 14.8. The molecule has 2 amide bonds. The molecule has 0 saturated heterocycles. The first-order chi connectivity index (χ1) is 17.0. The largest absolute Gasteiger partial charge is 0.479 e. The molecule has 0 bridgehead atoms. The van der Waals surface area contributed by atoms with E-state index in [0.717, 1.165) is 22.3 Å². The van der Waals surface area contributed by atoms with Gasteiger partial charge in [-0.1, -0.05) is 85.8 Å². The van der Waals surface area contributed by atoms with E-state index in [1.165, 1.54) is 0 Å². The topological polar surface area (TPSA) is 105 Å². The van der Waals surface area contributed by atoms with Crippen LogP contribution in [-0.2, 0) is 14.3 Å². The van der Waals surface area contributed by atoms with Gasteiger partial charge in [0.25, 0.3) is 0 Å². The molecule has 0 heterocycles. The fourth-order valence-electron chi connectivity index (χ4n) is 4.47. The number of alkyl carbamates (subject to hydrolysis) is 1. The fraction of sp³-hybridized carbons (Fsp3) is 0.250. The van der Waals surface area contributed by atoms with Crippen LogP contribution in [0.2, 0.25) is 0 Å². The van der Waals surface area contributed by atoms with Crippen molar-refractivity contribution in [3.63, 3.8) is 0 Å². The Labute approximate surface area is 204 Å². The average molecular weight is 473 g/mol. The average Bonchev–Trinajstić information content (AvgIpc) is 3.20. The molecule has 0 saturated carbocycles. The number of fused-ring (bicyclic) bond motifs is 3. The SMILES string of the molecule is CCC(CNC(=O)OCC1c2ccccc2-c2ccccc21)C(=O)N[C@H](C(=O)O)c1ccccc1. The van der Waals surface area contributed by atoms with Gasteiger partial charge in [0.15, 0.2) is 6.04 Å². The van der Waals surface area contributed by atoms with Gasteiger partial charge in [-0.3, -0.25) is 4.79 Å². The minimum atomic E-state index is -1.16. The lowest BCUT2D eigenvalue weighted by Gasteiger charge is -2.20. The Balaban J connectivity index is 1.33. The van der Waals surface area contributed by atoms with Gasteiger partial charge in [-0.05, 0) is 34.2 Å². The minimum Gasteiger partial charge on any atom is -0.479 e. The molecular weight excluding hydrogens is 444 g/mol. The van der Waals surface area contributed by atoms with Crippen LogP contribution in [0.3, 0.4) is 0 Å². The van der Waals surface area contributed by atoms with Gasteiger partial charge >= 0.3 is 12.1 Å². The lowest BCUT2D eigenvalue weighted by Crippen LogP contribution is -2.42. The summed E-state index contributed by atoms with van der Waals surface area (Å²) in [5.74, 6) is -2.24. The quantitative estimate of drug-likeness (QED) is 0.426. The van der Waals surface area contributed by atoms with Gasteiger partial charge in [-0.25, -0.2) is 9.59 Å². The first kappa shape index (κ1) is 24.0. The molecule has 1 aliphatic rings. The highest BCUT2D eigenvalue weighted by molar-refractivity contribution is 5.86. The summed E-state index contributed by atoms with van der Waals surface area (Å²) in [7, 11) is 0. The summed E-state index contributed by atoms with van der Waals surface area (Å²) in [6.45, 7) is 2.03. The Morgan fingerprint density at radius 3 is 2.03 bits per heavy atom. The van der Waals surface area contributed by atoms with E-state index in [-0.39, 0.29) is 19.1 Å². The third-order valence-corrected chi connectivity index (χ3v) is 6.37. The first-order valence-corrected chi connectivity index (χ1v) is 11.7. The number of nitrogens with one attached hydrogen (secondary N) is 2. The van der Waals surface area contributed by atoms with E-state index in [0.29, 0.717) is 12.0 Å². The van der Waals surface area contributed by atoms with Crippen LogP contribution in [-0.4, -0.2) is 36.2 Å². The van der Waals surface area contributed by atoms with Crippen molar-refractivity contribution in [1.82, 2.24) is 10.6 Å². The van der Waals surface area contributed by atoms with Crippen molar-refractivity contribution in [3.8, 4) is 11.1 Å². The van der Waals surface area contributed by atoms with Crippen LogP contribution in [0.25, 0.3) is 11.1 Å². The number of benzene rings is 3. The third kappa shape index (κ3) is 5.35.